The number of hydrogen-bond acceptors (Lipinski definition) is 4. The fourth-order valence-corrected chi connectivity index (χ4v) is 2.98. The predicted molar refractivity (Wildman–Crippen MR) is 101 cm³/mol. The van der Waals surface area contributed by atoms with Gasteiger partial charge in [-0.05, 0) is 58.7 Å². The lowest BCUT2D eigenvalue weighted by Crippen LogP contribution is -2.35. The van der Waals surface area contributed by atoms with Crippen LogP contribution in [0.3, 0.4) is 0 Å². The van der Waals surface area contributed by atoms with E-state index >= 15 is 0 Å². The molecule has 2 rings (SSSR count). The summed E-state index contributed by atoms with van der Waals surface area (Å²) >= 11 is 15.1. The number of amides is 1. The maximum atomic E-state index is 12.2. The van der Waals surface area contributed by atoms with Crippen LogP contribution in [0.2, 0.25) is 10.0 Å². The summed E-state index contributed by atoms with van der Waals surface area (Å²) in [5.74, 6) is 0.388. The molecular weight excluding hydrogens is 433 g/mol. The summed E-state index contributed by atoms with van der Waals surface area (Å²) in [7, 11) is 1.45. The van der Waals surface area contributed by atoms with E-state index in [0.717, 1.165) is 5.56 Å². The molecule has 1 atom stereocenters. The minimum Gasteiger partial charge on any atom is -0.503 e. The van der Waals surface area contributed by atoms with Gasteiger partial charge in [-0.3, -0.25) is 4.79 Å². The molecule has 2 aromatic rings. The van der Waals surface area contributed by atoms with Crippen molar-refractivity contribution in [1.82, 2.24) is 5.32 Å². The molecule has 0 fully saturated rings. The van der Waals surface area contributed by atoms with Crippen LogP contribution in [0.15, 0.2) is 34.8 Å². The van der Waals surface area contributed by atoms with Crippen molar-refractivity contribution in [1.29, 1.82) is 0 Å². The number of halogens is 3. The lowest BCUT2D eigenvalue weighted by molar-refractivity contribution is -0.127. The minimum atomic E-state index is -0.749. The fourth-order valence-electron chi connectivity index (χ4n) is 2.03. The number of methoxy groups -OCH3 is 1. The highest BCUT2D eigenvalue weighted by Gasteiger charge is 2.17. The van der Waals surface area contributed by atoms with E-state index in [2.05, 4.69) is 21.2 Å². The Labute approximate surface area is 164 Å². The van der Waals surface area contributed by atoms with Crippen molar-refractivity contribution < 1.29 is 19.4 Å². The van der Waals surface area contributed by atoms with Gasteiger partial charge in [-0.1, -0.05) is 23.2 Å². The van der Waals surface area contributed by atoms with Gasteiger partial charge in [-0.25, -0.2) is 0 Å². The van der Waals surface area contributed by atoms with Crippen LogP contribution in [0.25, 0.3) is 0 Å². The number of nitrogens with one attached hydrogen (secondary N) is 1. The Balaban J connectivity index is 1.99. The molecule has 0 aliphatic rings. The maximum absolute atomic E-state index is 12.2. The number of ether oxygens (including phenoxy) is 2. The Bertz CT molecular complexity index is 785. The van der Waals surface area contributed by atoms with Crippen LogP contribution in [0.4, 0.5) is 0 Å². The highest BCUT2D eigenvalue weighted by atomic mass is 79.9. The van der Waals surface area contributed by atoms with Crippen molar-refractivity contribution in [2.24, 2.45) is 0 Å². The molecule has 0 spiro atoms. The van der Waals surface area contributed by atoms with E-state index in [1.54, 1.807) is 37.3 Å². The zero-order valence-corrected chi connectivity index (χ0v) is 16.6. The van der Waals surface area contributed by atoms with Crippen LogP contribution in [-0.2, 0) is 11.3 Å². The van der Waals surface area contributed by atoms with Crippen molar-refractivity contribution in [3.8, 4) is 17.2 Å². The summed E-state index contributed by atoms with van der Waals surface area (Å²) in [5.41, 5.74) is 0.756. The first-order valence-corrected chi connectivity index (χ1v) is 8.81. The van der Waals surface area contributed by atoms with Gasteiger partial charge in [-0.2, -0.15) is 0 Å². The standard InChI is InChI=1S/C17H16BrCl2NO4/c1-9(25-14-4-3-11(19)7-13(14)20)17(23)21-8-10-5-12(18)16(22)15(6-10)24-2/h3-7,9,22H,8H2,1-2H3,(H,21,23). The van der Waals surface area contributed by atoms with Gasteiger partial charge in [0.25, 0.3) is 5.91 Å². The van der Waals surface area contributed by atoms with E-state index in [9.17, 15) is 9.90 Å². The number of carbonyl (C=O) groups excluding carboxylic acids is 1. The van der Waals surface area contributed by atoms with Gasteiger partial charge in [-0.15, -0.1) is 0 Å². The molecule has 0 aliphatic heterocycles. The van der Waals surface area contributed by atoms with Crippen LogP contribution in [0, 0.1) is 0 Å². The van der Waals surface area contributed by atoms with Crippen molar-refractivity contribution in [3.05, 3.63) is 50.4 Å². The first kappa shape index (κ1) is 19.7. The SMILES string of the molecule is COc1cc(CNC(=O)C(C)Oc2ccc(Cl)cc2Cl)cc(Br)c1O. The zero-order chi connectivity index (χ0) is 18.6. The summed E-state index contributed by atoms with van der Waals surface area (Å²) in [4.78, 5) is 12.2. The van der Waals surface area contributed by atoms with E-state index in [1.165, 1.54) is 7.11 Å². The third-order valence-corrected chi connectivity index (χ3v) is 4.48. The molecule has 0 bridgehead atoms. The second-order valence-electron chi connectivity index (χ2n) is 5.18. The van der Waals surface area contributed by atoms with Crippen LogP contribution in [0.1, 0.15) is 12.5 Å². The Hall–Kier alpha value is -1.63. The van der Waals surface area contributed by atoms with Gasteiger partial charge in [0.1, 0.15) is 5.75 Å². The van der Waals surface area contributed by atoms with Gasteiger partial charge < -0.3 is 19.9 Å². The maximum Gasteiger partial charge on any atom is 0.261 e. The second-order valence-corrected chi connectivity index (χ2v) is 6.88. The Morgan fingerprint density at radius 1 is 1.28 bits per heavy atom. The molecule has 0 saturated heterocycles. The van der Waals surface area contributed by atoms with E-state index in [1.807, 2.05) is 0 Å². The highest BCUT2D eigenvalue weighted by molar-refractivity contribution is 9.10. The van der Waals surface area contributed by atoms with Gasteiger partial charge in [0, 0.05) is 11.6 Å². The van der Waals surface area contributed by atoms with Gasteiger partial charge in [0.15, 0.2) is 17.6 Å². The monoisotopic (exact) mass is 447 g/mol. The molecule has 2 aromatic carbocycles. The molecule has 134 valence electrons. The highest BCUT2D eigenvalue weighted by Crippen LogP contribution is 2.35. The molecule has 8 heteroatoms. The summed E-state index contributed by atoms with van der Waals surface area (Å²) < 4.78 is 11.1. The first-order valence-electron chi connectivity index (χ1n) is 7.26. The topological polar surface area (TPSA) is 67.8 Å². The average Bonchev–Trinajstić information content (AvgIpc) is 2.57. The van der Waals surface area contributed by atoms with Crippen molar-refractivity contribution >= 4 is 45.0 Å². The Morgan fingerprint density at radius 3 is 2.64 bits per heavy atom. The van der Waals surface area contributed by atoms with Crippen LogP contribution in [-0.4, -0.2) is 24.2 Å². The molecule has 1 amide bonds. The van der Waals surface area contributed by atoms with Crippen molar-refractivity contribution in [3.63, 3.8) is 0 Å². The molecular formula is C17H16BrCl2NO4. The zero-order valence-electron chi connectivity index (χ0n) is 13.5. The third-order valence-electron chi connectivity index (χ3n) is 3.34. The normalized spacial score (nSPS) is 11.7. The molecule has 0 aliphatic carbocycles. The lowest BCUT2D eigenvalue weighted by Gasteiger charge is -2.16. The number of carbonyl (C=O) groups is 1. The minimum absolute atomic E-state index is 0.00616. The third kappa shape index (κ3) is 5.17. The summed E-state index contributed by atoms with van der Waals surface area (Å²) in [6, 6.07) is 8.12. The molecule has 0 radical (unpaired) electrons. The van der Waals surface area contributed by atoms with Crippen LogP contribution in [0.5, 0.6) is 17.2 Å². The average molecular weight is 449 g/mol. The van der Waals surface area contributed by atoms with E-state index in [-0.39, 0.29) is 18.2 Å². The smallest absolute Gasteiger partial charge is 0.261 e. The van der Waals surface area contributed by atoms with Crippen molar-refractivity contribution in [2.75, 3.05) is 7.11 Å². The molecule has 0 saturated carbocycles. The van der Waals surface area contributed by atoms with E-state index < -0.39 is 6.10 Å². The Kier molecular flexibility index (Phi) is 6.81. The molecule has 25 heavy (non-hydrogen) atoms. The number of hydrogen-bond donors (Lipinski definition) is 2. The van der Waals surface area contributed by atoms with Crippen LogP contribution >= 0.6 is 39.1 Å². The summed E-state index contributed by atoms with van der Waals surface area (Å²) in [5, 5.41) is 13.4. The number of aromatic hydroxyl groups is 1. The second kappa shape index (κ2) is 8.65. The molecule has 5 nitrogen and oxygen atoms in total. The largest absolute Gasteiger partial charge is 0.503 e. The molecule has 0 aromatic heterocycles. The quantitative estimate of drug-likeness (QED) is 0.679. The number of rotatable bonds is 6. The van der Waals surface area contributed by atoms with Crippen LogP contribution < -0.4 is 14.8 Å². The lowest BCUT2D eigenvalue weighted by atomic mass is 10.2. The number of phenols is 1. The summed E-state index contributed by atoms with van der Waals surface area (Å²) in [6.07, 6.45) is -0.749. The van der Waals surface area contributed by atoms with Crippen molar-refractivity contribution in [2.45, 2.75) is 19.6 Å². The first-order chi connectivity index (χ1) is 11.8. The van der Waals surface area contributed by atoms with Gasteiger partial charge in [0.2, 0.25) is 0 Å². The Morgan fingerprint density at radius 2 is 2.00 bits per heavy atom. The fraction of sp³-hybridized carbons (Fsp3) is 0.235. The predicted octanol–water partition coefficient (Wildman–Crippen LogP) is 4.55. The van der Waals surface area contributed by atoms with E-state index in [0.29, 0.717) is 26.0 Å². The van der Waals surface area contributed by atoms with Gasteiger partial charge in [0.05, 0.1) is 16.6 Å². The number of benzene rings is 2. The summed E-state index contributed by atoms with van der Waals surface area (Å²) in [6.45, 7) is 1.86. The molecule has 0 heterocycles. The number of phenolic OH excluding ortho intramolecular Hbond substituents is 1. The molecule has 2 N–H and O–H groups in total. The van der Waals surface area contributed by atoms with E-state index in [4.69, 9.17) is 32.7 Å². The van der Waals surface area contributed by atoms with Gasteiger partial charge >= 0.3 is 0 Å². The molecule has 1 unspecified atom stereocenters.